The van der Waals surface area contributed by atoms with Gasteiger partial charge in [0.2, 0.25) is 0 Å². The molecule has 0 aromatic carbocycles. The van der Waals surface area contributed by atoms with Crippen molar-refractivity contribution in [3.63, 3.8) is 0 Å². The van der Waals surface area contributed by atoms with Gasteiger partial charge in [-0.05, 0) is 63.2 Å². The maximum atomic E-state index is 11.7. The number of carbonyl (C=O) groups is 1. The minimum atomic E-state index is 0.00943. The molecule has 0 bridgehead atoms. The van der Waals surface area contributed by atoms with Crippen molar-refractivity contribution in [3.8, 4) is 0 Å². The smallest absolute Gasteiger partial charge is 0.306 e. The first-order chi connectivity index (χ1) is 13.5. The van der Waals surface area contributed by atoms with Gasteiger partial charge in [0.1, 0.15) is 0 Å². The van der Waals surface area contributed by atoms with Gasteiger partial charge in [-0.1, -0.05) is 57.9 Å². The van der Waals surface area contributed by atoms with Crippen molar-refractivity contribution in [2.75, 3.05) is 13.2 Å². The fourth-order valence-electron chi connectivity index (χ4n) is 4.64. The maximum Gasteiger partial charge on any atom is 0.306 e. The molecule has 0 heterocycles. The molecular formula is C25H44O3. The van der Waals surface area contributed by atoms with Crippen LogP contribution >= 0.6 is 0 Å². The molecule has 0 amide bonds. The number of hydrogen-bond acceptors (Lipinski definition) is 3. The van der Waals surface area contributed by atoms with Crippen LogP contribution in [0.25, 0.3) is 0 Å². The van der Waals surface area contributed by atoms with E-state index >= 15 is 0 Å². The highest BCUT2D eigenvalue weighted by atomic mass is 16.5. The summed E-state index contributed by atoms with van der Waals surface area (Å²) in [5, 5.41) is 0. The van der Waals surface area contributed by atoms with Gasteiger partial charge >= 0.3 is 5.97 Å². The number of rotatable bonds is 18. The summed E-state index contributed by atoms with van der Waals surface area (Å²) in [4.78, 5) is 11.7. The summed E-state index contributed by atoms with van der Waals surface area (Å²) in [6.45, 7) is 9.25. The lowest BCUT2D eigenvalue weighted by Gasteiger charge is -2.16. The molecule has 0 radical (unpaired) electrons. The Morgan fingerprint density at radius 3 is 1.57 bits per heavy atom. The van der Waals surface area contributed by atoms with E-state index in [0.29, 0.717) is 23.9 Å². The van der Waals surface area contributed by atoms with Crippen molar-refractivity contribution in [1.29, 1.82) is 0 Å². The van der Waals surface area contributed by atoms with Crippen LogP contribution in [0.3, 0.4) is 0 Å². The largest absolute Gasteiger partial charge is 0.499 e. The zero-order valence-corrected chi connectivity index (χ0v) is 18.7. The molecule has 2 aliphatic carbocycles. The summed E-state index contributed by atoms with van der Waals surface area (Å²) in [5.74, 6) is 1.01. The van der Waals surface area contributed by atoms with Gasteiger partial charge < -0.3 is 9.47 Å². The van der Waals surface area contributed by atoms with E-state index in [1.54, 1.807) is 0 Å². The van der Waals surface area contributed by atoms with Crippen LogP contribution in [0.2, 0.25) is 0 Å². The third kappa shape index (κ3) is 9.01. The Balaban J connectivity index is 1.38. The summed E-state index contributed by atoms with van der Waals surface area (Å²) in [6.07, 6.45) is 20.4. The molecule has 0 aromatic rings. The molecule has 0 aliphatic heterocycles. The highest BCUT2D eigenvalue weighted by Crippen LogP contribution is 2.54. The van der Waals surface area contributed by atoms with E-state index in [0.717, 1.165) is 18.8 Å². The third-order valence-corrected chi connectivity index (χ3v) is 6.82. The second kappa shape index (κ2) is 11.9. The zero-order chi connectivity index (χ0) is 20.3. The first-order valence-electron chi connectivity index (χ1n) is 12.0. The third-order valence-electron chi connectivity index (χ3n) is 6.82. The van der Waals surface area contributed by atoms with E-state index in [-0.39, 0.29) is 5.97 Å². The van der Waals surface area contributed by atoms with Crippen molar-refractivity contribution in [2.24, 2.45) is 10.8 Å². The van der Waals surface area contributed by atoms with Gasteiger partial charge in [-0.25, -0.2) is 0 Å². The molecule has 2 rings (SSSR count). The van der Waals surface area contributed by atoms with Crippen molar-refractivity contribution in [2.45, 2.75) is 117 Å². The van der Waals surface area contributed by atoms with E-state index in [2.05, 4.69) is 6.58 Å². The van der Waals surface area contributed by atoms with Crippen LogP contribution in [0.5, 0.6) is 0 Å². The van der Waals surface area contributed by atoms with E-state index < -0.39 is 0 Å². The summed E-state index contributed by atoms with van der Waals surface area (Å²) < 4.78 is 10.7. The molecule has 3 heteroatoms. The normalized spacial score (nSPS) is 18.5. The van der Waals surface area contributed by atoms with E-state index in [9.17, 15) is 4.79 Å². The minimum absolute atomic E-state index is 0.00943. The molecule has 2 fully saturated rings. The number of allylic oxidation sites excluding steroid dienone is 1. The molecule has 0 aromatic heterocycles. The van der Waals surface area contributed by atoms with E-state index in [1.807, 2.05) is 13.8 Å². The van der Waals surface area contributed by atoms with Crippen molar-refractivity contribution < 1.29 is 14.3 Å². The molecule has 2 aliphatic rings. The van der Waals surface area contributed by atoms with Gasteiger partial charge in [-0.2, -0.15) is 0 Å². The Morgan fingerprint density at radius 1 is 0.714 bits per heavy atom. The van der Waals surface area contributed by atoms with Crippen LogP contribution in [-0.2, 0) is 14.3 Å². The quantitative estimate of drug-likeness (QED) is 0.139. The van der Waals surface area contributed by atoms with Crippen LogP contribution < -0.4 is 0 Å². The van der Waals surface area contributed by atoms with Gasteiger partial charge in [-0.3, -0.25) is 4.79 Å². The lowest BCUT2D eigenvalue weighted by molar-refractivity contribution is -0.144. The van der Waals surface area contributed by atoms with Crippen LogP contribution in [-0.4, -0.2) is 19.2 Å². The molecule has 2 saturated carbocycles. The Hall–Kier alpha value is -0.990. The molecule has 0 spiro atoms. The fourth-order valence-corrected chi connectivity index (χ4v) is 4.64. The Bertz CT molecular complexity index is 430. The van der Waals surface area contributed by atoms with Gasteiger partial charge in [0.25, 0.3) is 0 Å². The number of unbranched alkanes of at least 4 members (excludes halogenated alkanes) is 7. The monoisotopic (exact) mass is 392 g/mol. The van der Waals surface area contributed by atoms with Crippen LogP contribution in [0, 0.1) is 10.8 Å². The summed E-state index contributed by atoms with van der Waals surface area (Å²) in [5.41, 5.74) is 0.868. The predicted molar refractivity (Wildman–Crippen MR) is 116 cm³/mol. The van der Waals surface area contributed by atoms with Crippen LogP contribution in [0.4, 0.5) is 0 Å². The highest BCUT2D eigenvalue weighted by molar-refractivity contribution is 5.70. The average molecular weight is 393 g/mol. The second-order valence-electron chi connectivity index (χ2n) is 9.46. The number of hydrogen-bond donors (Lipinski definition) is 0. The zero-order valence-electron chi connectivity index (χ0n) is 18.7. The summed E-state index contributed by atoms with van der Waals surface area (Å²) in [6, 6.07) is 0. The maximum absolute atomic E-state index is 11.7. The molecule has 162 valence electrons. The molecule has 0 N–H and O–H groups in total. The minimum Gasteiger partial charge on any atom is -0.499 e. The number of ether oxygens (including phenoxy) is 2. The Morgan fingerprint density at radius 2 is 1.14 bits per heavy atom. The summed E-state index contributed by atoms with van der Waals surface area (Å²) >= 11 is 0. The van der Waals surface area contributed by atoms with Gasteiger partial charge in [0, 0.05) is 6.42 Å². The molecule has 3 nitrogen and oxygen atoms in total. The number of esters is 1. The molecule has 0 saturated heterocycles. The highest BCUT2D eigenvalue weighted by Gasteiger charge is 2.44. The number of carbonyl (C=O) groups excluding carboxylic acids is 1. The second-order valence-corrected chi connectivity index (χ2v) is 9.46. The fraction of sp³-hybridized carbons (Fsp3) is 0.880. The summed E-state index contributed by atoms with van der Waals surface area (Å²) in [7, 11) is 0. The van der Waals surface area contributed by atoms with Gasteiger partial charge in [-0.15, -0.1) is 0 Å². The first-order valence-corrected chi connectivity index (χ1v) is 12.0. The Labute approximate surface area is 173 Å². The van der Waals surface area contributed by atoms with Crippen LogP contribution in [0.1, 0.15) is 117 Å². The van der Waals surface area contributed by atoms with Crippen molar-refractivity contribution in [3.05, 3.63) is 12.3 Å². The van der Waals surface area contributed by atoms with Gasteiger partial charge in [0.15, 0.2) is 0 Å². The van der Waals surface area contributed by atoms with Crippen LogP contribution in [0.15, 0.2) is 12.3 Å². The SMILES string of the molecule is C=C(CC1(CCCCCCCCCCC2(CC(=O)OCC)CC2)CC1)OCC. The lowest BCUT2D eigenvalue weighted by atomic mass is 9.93. The molecule has 0 unspecified atom stereocenters. The van der Waals surface area contributed by atoms with E-state index in [1.165, 1.54) is 89.9 Å². The van der Waals surface area contributed by atoms with E-state index in [4.69, 9.17) is 9.47 Å². The lowest BCUT2D eigenvalue weighted by Crippen LogP contribution is -2.12. The van der Waals surface area contributed by atoms with Crippen molar-refractivity contribution >= 4 is 5.97 Å². The predicted octanol–water partition coefficient (Wildman–Crippen LogP) is 7.34. The topological polar surface area (TPSA) is 35.5 Å². The van der Waals surface area contributed by atoms with Crippen molar-refractivity contribution in [1.82, 2.24) is 0 Å². The van der Waals surface area contributed by atoms with Gasteiger partial charge in [0.05, 0.1) is 25.4 Å². The average Bonchev–Trinajstić information content (AvgIpc) is 3.56. The first kappa shape index (κ1) is 23.3. The molecule has 28 heavy (non-hydrogen) atoms. The standard InChI is InChI=1S/C25H44O3/c1-4-27-22(3)20-24(16-17-24)14-12-10-8-6-7-9-11-13-15-25(18-19-25)21-23(26)28-5-2/h3-21H2,1-2H3. The molecule has 0 atom stereocenters. The molecular weight excluding hydrogens is 348 g/mol. The Kier molecular flexibility index (Phi) is 9.88.